The Hall–Kier alpha value is -2.60. The van der Waals surface area contributed by atoms with Gasteiger partial charge in [0.1, 0.15) is 12.4 Å². The first-order chi connectivity index (χ1) is 13.3. The average molecular weight is 367 g/mol. The lowest BCUT2D eigenvalue weighted by Gasteiger charge is -2.32. The van der Waals surface area contributed by atoms with E-state index >= 15 is 0 Å². The topological polar surface area (TPSA) is 54.9 Å². The molecule has 6 nitrogen and oxygen atoms in total. The maximum atomic E-state index is 12.7. The molecule has 2 fully saturated rings. The third-order valence-electron chi connectivity index (χ3n) is 5.18. The number of nitrogens with zero attached hydrogens (tertiary/aromatic N) is 3. The van der Waals surface area contributed by atoms with Gasteiger partial charge in [0, 0.05) is 31.4 Å². The molecule has 1 atom stereocenters. The summed E-state index contributed by atoms with van der Waals surface area (Å²) in [6.07, 6.45) is 3.48. The lowest BCUT2D eigenvalue weighted by Crippen LogP contribution is -2.38. The fourth-order valence-corrected chi connectivity index (χ4v) is 3.82. The monoisotopic (exact) mass is 367 g/mol. The molecular weight excluding hydrogens is 342 g/mol. The van der Waals surface area contributed by atoms with Crippen molar-refractivity contribution in [2.45, 2.75) is 25.5 Å². The number of morpholine rings is 1. The number of benzene rings is 1. The van der Waals surface area contributed by atoms with Crippen molar-refractivity contribution in [2.24, 2.45) is 0 Å². The molecule has 0 radical (unpaired) electrons. The maximum absolute atomic E-state index is 12.7. The van der Waals surface area contributed by atoms with E-state index in [1.165, 1.54) is 0 Å². The van der Waals surface area contributed by atoms with Crippen molar-refractivity contribution >= 4 is 11.9 Å². The minimum atomic E-state index is -0.252. The summed E-state index contributed by atoms with van der Waals surface area (Å²) < 4.78 is 11.0. The van der Waals surface area contributed by atoms with Crippen LogP contribution in [0.2, 0.25) is 0 Å². The molecule has 0 spiro atoms. The fourth-order valence-electron chi connectivity index (χ4n) is 3.82. The molecule has 1 aromatic heterocycles. The Balaban J connectivity index is 1.49. The Labute approximate surface area is 159 Å². The first-order valence-electron chi connectivity index (χ1n) is 9.58. The van der Waals surface area contributed by atoms with Crippen molar-refractivity contribution in [1.29, 1.82) is 0 Å². The molecule has 6 heteroatoms. The molecule has 1 amide bonds. The van der Waals surface area contributed by atoms with Crippen LogP contribution in [-0.4, -0.2) is 48.8 Å². The lowest BCUT2D eigenvalue weighted by atomic mass is 10.0. The van der Waals surface area contributed by atoms with Crippen LogP contribution in [0.3, 0.4) is 0 Å². The number of likely N-dealkylation sites (tertiary alicyclic amines) is 1. The Morgan fingerprint density at radius 1 is 1.11 bits per heavy atom. The van der Waals surface area contributed by atoms with Crippen LogP contribution in [0.25, 0.3) is 0 Å². The zero-order valence-electron chi connectivity index (χ0n) is 15.4. The van der Waals surface area contributed by atoms with E-state index in [4.69, 9.17) is 9.47 Å². The number of ether oxygens (including phenoxy) is 2. The zero-order chi connectivity index (χ0) is 18.5. The SMILES string of the molecule is O=C(OCc1ccccc1)N1CCC[C@@H]1c1cccnc1N1CCOCC1. The van der Waals surface area contributed by atoms with Crippen LogP contribution in [0.1, 0.15) is 30.0 Å². The number of rotatable bonds is 4. The lowest BCUT2D eigenvalue weighted by molar-refractivity contribution is 0.0919. The van der Waals surface area contributed by atoms with Gasteiger partial charge in [-0.1, -0.05) is 36.4 Å². The van der Waals surface area contributed by atoms with E-state index in [0.717, 1.165) is 49.4 Å². The number of amides is 1. The molecule has 2 aromatic rings. The highest BCUT2D eigenvalue weighted by Gasteiger charge is 2.34. The predicted octanol–water partition coefficient (Wildman–Crippen LogP) is 3.39. The Bertz CT molecular complexity index is 762. The molecule has 0 N–H and O–H groups in total. The molecule has 142 valence electrons. The average Bonchev–Trinajstić information content (AvgIpc) is 3.23. The summed E-state index contributed by atoms with van der Waals surface area (Å²) in [5.41, 5.74) is 2.10. The first-order valence-corrected chi connectivity index (χ1v) is 9.58. The molecule has 4 rings (SSSR count). The van der Waals surface area contributed by atoms with Gasteiger partial charge in [-0.15, -0.1) is 0 Å². The van der Waals surface area contributed by atoms with E-state index in [0.29, 0.717) is 19.8 Å². The highest BCUT2D eigenvalue weighted by atomic mass is 16.6. The molecule has 2 aliphatic rings. The molecule has 0 saturated carbocycles. The van der Waals surface area contributed by atoms with Gasteiger partial charge in [-0.2, -0.15) is 0 Å². The quantitative estimate of drug-likeness (QED) is 0.829. The van der Waals surface area contributed by atoms with Crippen molar-refractivity contribution < 1.29 is 14.3 Å². The number of aromatic nitrogens is 1. The molecule has 3 heterocycles. The van der Waals surface area contributed by atoms with Crippen LogP contribution in [0.15, 0.2) is 48.7 Å². The molecule has 2 aliphatic heterocycles. The van der Waals surface area contributed by atoms with Gasteiger partial charge in [-0.05, 0) is 24.5 Å². The number of carbonyl (C=O) groups is 1. The minimum absolute atomic E-state index is 0.0137. The molecular formula is C21H25N3O3. The summed E-state index contributed by atoms with van der Waals surface area (Å²) in [5.74, 6) is 0.966. The smallest absolute Gasteiger partial charge is 0.410 e. The second-order valence-electron chi connectivity index (χ2n) is 6.91. The van der Waals surface area contributed by atoms with Gasteiger partial charge in [0.2, 0.25) is 0 Å². The van der Waals surface area contributed by atoms with E-state index in [9.17, 15) is 4.79 Å². The second-order valence-corrected chi connectivity index (χ2v) is 6.91. The normalized spacial score (nSPS) is 19.9. The first kappa shape index (κ1) is 17.8. The molecule has 0 bridgehead atoms. The molecule has 0 aliphatic carbocycles. The molecule has 2 saturated heterocycles. The summed E-state index contributed by atoms with van der Waals surface area (Å²) in [6, 6.07) is 13.8. The number of hydrogen-bond acceptors (Lipinski definition) is 5. The minimum Gasteiger partial charge on any atom is -0.445 e. The van der Waals surface area contributed by atoms with Gasteiger partial charge in [0.15, 0.2) is 0 Å². The van der Waals surface area contributed by atoms with E-state index in [1.54, 1.807) is 0 Å². The maximum Gasteiger partial charge on any atom is 0.410 e. The number of hydrogen-bond donors (Lipinski definition) is 0. The fraction of sp³-hybridized carbons (Fsp3) is 0.429. The van der Waals surface area contributed by atoms with Crippen molar-refractivity contribution in [3.63, 3.8) is 0 Å². The van der Waals surface area contributed by atoms with Gasteiger partial charge < -0.3 is 19.3 Å². The van der Waals surface area contributed by atoms with E-state index < -0.39 is 0 Å². The van der Waals surface area contributed by atoms with Crippen molar-refractivity contribution in [3.8, 4) is 0 Å². The van der Waals surface area contributed by atoms with Crippen molar-refractivity contribution in [1.82, 2.24) is 9.88 Å². The van der Waals surface area contributed by atoms with Crippen LogP contribution in [0.4, 0.5) is 10.6 Å². The second kappa shape index (κ2) is 8.39. The van der Waals surface area contributed by atoms with Gasteiger partial charge in [0.05, 0.1) is 19.3 Å². The Kier molecular flexibility index (Phi) is 5.53. The van der Waals surface area contributed by atoms with E-state index in [1.807, 2.05) is 47.5 Å². The van der Waals surface area contributed by atoms with Crippen LogP contribution in [0, 0.1) is 0 Å². The third-order valence-corrected chi connectivity index (χ3v) is 5.18. The summed E-state index contributed by atoms with van der Waals surface area (Å²) in [4.78, 5) is 21.5. The molecule has 0 unspecified atom stereocenters. The number of carbonyl (C=O) groups excluding carboxylic acids is 1. The predicted molar refractivity (Wildman–Crippen MR) is 103 cm³/mol. The summed E-state index contributed by atoms with van der Waals surface area (Å²) >= 11 is 0. The zero-order valence-corrected chi connectivity index (χ0v) is 15.4. The van der Waals surface area contributed by atoms with E-state index in [-0.39, 0.29) is 12.1 Å². The van der Waals surface area contributed by atoms with Gasteiger partial charge >= 0.3 is 6.09 Å². The van der Waals surface area contributed by atoms with Gasteiger partial charge in [-0.25, -0.2) is 9.78 Å². The summed E-state index contributed by atoms with van der Waals surface area (Å²) in [6.45, 7) is 4.10. The van der Waals surface area contributed by atoms with Crippen LogP contribution < -0.4 is 4.90 Å². The van der Waals surface area contributed by atoms with Crippen molar-refractivity contribution in [3.05, 3.63) is 59.8 Å². The molecule has 27 heavy (non-hydrogen) atoms. The summed E-state index contributed by atoms with van der Waals surface area (Å²) in [7, 11) is 0. The highest BCUT2D eigenvalue weighted by Crippen LogP contribution is 2.37. The van der Waals surface area contributed by atoms with E-state index in [2.05, 4.69) is 16.0 Å². The Morgan fingerprint density at radius 3 is 2.74 bits per heavy atom. The standard InChI is InChI=1S/C21H25N3O3/c25-21(27-16-17-6-2-1-3-7-17)24-11-5-9-19(24)18-8-4-10-22-20(18)23-12-14-26-15-13-23/h1-4,6-8,10,19H,5,9,11-16H2/t19-/m1/s1. The van der Waals surface area contributed by atoms with Gasteiger partial charge in [-0.3, -0.25) is 0 Å². The van der Waals surface area contributed by atoms with Gasteiger partial charge in [0.25, 0.3) is 0 Å². The number of anilines is 1. The van der Waals surface area contributed by atoms with Crippen LogP contribution in [-0.2, 0) is 16.1 Å². The molecule has 1 aromatic carbocycles. The Morgan fingerprint density at radius 2 is 1.93 bits per heavy atom. The van der Waals surface area contributed by atoms with Crippen molar-refractivity contribution in [2.75, 3.05) is 37.7 Å². The number of pyridine rings is 1. The highest BCUT2D eigenvalue weighted by molar-refractivity contribution is 5.69. The summed E-state index contributed by atoms with van der Waals surface area (Å²) in [5, 5.41) is 0. The largest absolute Gasteiger partial charge is 0.445 e. The van der Waals surface area contributed by atoms with Crippen LogP contribution >= 0.6 is 0 Å². The third kappa shape index (κ3) is 4.06. The van der Waals surface area contributed by atoms with Crippen LogP contribution in [0.5, 0.6) is 0 Å².